The van der Waals surface area contributed by atoms with Crippen LogP contribution in [0.4, 0.5) is 0 Å². The Kier molecular flexibility index (Phi) is 4.15. The Morgan fingerprint density at radius 2 is 2.30 bits per heavy atom. The summed E-state index contributed by atoms with van der Waals surface area (Å²) in [6.45, 7) is 0. The highest BCUT2D eigenvalue weighted by Crippen LogP contribution is 2.17. The lowest BCUT2D eigenvalue weighted by molar-refractivity contribution is 0.0329. The van der Waals surface area contributed by atoms with E-state index in [1.807, 2.05) is 15.5 Å². The van der Waals surface area contributed by atoms with Crippen molar-refractivity contribution >= 4 is 21.1 Å². The van der Waals surface area contributed by atoms with Crippen LogP contribution < -0.4 is 0 Å². The summed E-state index contributed by atoms with van der Waals surface area (Å²) in [4.78, 5) is 1.62. The van der Waals surface area contributed by atoms with Gasteiger partial charge in [-0.1, -0.05) is 0 Å². The highest BCUT2D eigenvalue weighted by molar-refractivity contribution is 7.09. The number of hydrogen-bond donors (Lipinski definition) is 0. The van der Waals surface area contributed by atoms with Crippen molar-refractivity contribution in [2.24, 2.45) is 0 Å². The molecule has 0 saturated carbocycles. The summed E-state index contributed by atoms with van der Waals surface area (Å²) in [6.07, 6.45) is 0. The van der Waals surface area contributed by atoms with E-state index in [4.69, 9.17) is 21.4 Å². The van der Waals surface area contributed by atoms with Crippen molar-refractivity contribution in [2.75, 3.05) is 20.0 Å². The van der Waals surface area contributed by atoms with Gasteiger partial charge >= 0.3 is 0 Å². The fourth-order valence-electron chi connectivity index (χ4n) is 0.413. The first-order chi connectivity index (χ1) is 4.63. The number of rotatable bonds is 3. The van der Waals surface area contributed by atoms with Crippen molar-refractivity contribution in [3.05, 3.63) is 0 Å². The lowest BCUT2D eigenvalue weighted by Gasteiger charge is -2.28. The molecule has 0 spiro atoms. The minimum atomic E-state index is -1.01. The van der Waals surface area contributed by atoms with Crippen LogP contribution in [0.5, 0.6) is 0 Å². The van der Waals surface area contributed by atoms with E-state index in [2.05, 4.69) is 0 Å². The van der Waals surface area contributed by atoms with Crippen LogP contribution in [0.2, 0.25) is 0 Å². The van der Waals surface area contributed by atoms with Gasteiger partial charge in [0.25, 0.3) is 0 Å². The van der Waals surface area contributed by atoms with Gasteiger partial charge in [0.15, 0.2) is 0 Å². The first-order valence-corrected chi connectivity index (χ1v) is 3.66. The topological polar surface area (TPSA) is 36.3 Å². The van der Waals surface area contributed by atoms with E-state index in [1.165, 1.54) is 0 Å². The third kappa shape index (κ3) is 1.81. The predicted molar refractivity (Wildman–Crippen MR) is 43.5 cm³/mol. The third-order valence-electron chi connectivity index (χ3n) is 1.27. The fourth-order valence-corrected chi connectivity index (χ4v) is 1.23. The van der Waals surface area contributed by atoms with Gasteiger partial charge in [-0.05, 0) is 14.1 Å². The van der Waals surface area contributed by atoms with Gasteiger partial charge in [0.1, 0.15) is 6.07 Å². The van der Waals surface area contributed by atoms with Crippen LogP contribution >= 0.6 is 21.1 Å². The highest BCUT2D eigenvalue weighted by atomic mass is 35.5. The highest BCUT2D eigenvalue weighted by Gasteiger charge is 2.31. The van der Waals surface area contributed by atoms with Gasteiger partial charge in [-0.25, -0.2) is 0 Å². The maximum atomic E-state index is 8.63. The minimum absolute atomic E-state index is 0.125. The number of nitrogens with zero attached hydrogens (tertiary/aromatic N) is 2. The van der Waals surface area contributed by atoms with E-state index in [-0.39, 0.29) is 5.88 Å². The first kappa shape index (κ1) is 10.1. The molecule has 0 aliphatic heterocycles. The molecular formula is C5H10ClN2OP. The smallest absolute Gasteiger partial charge is 0.226 e. The SMILES string of the molecule is CN(C)C(C#N)(CCl)OP. The molecule has 0 fully saturated rings. The quantitative estimate of drug-likeness (QED) is 0.367. The molecule has 0 rings (SSSR count). The van der Waals surface area contributed by atoms with Crippen LogP contribution in [-0.4, -0.2) is 30.6 Å². The molecule has 10 heavy (non-hydrogen) atoms. The van der Waals surface area contributed by atoms with Gasteiger partial charge in [0.05, 0.1) is 5.88 Å². The van der Waals surface area contributed by atoms with E-state index < -0.39 is 5.72 Å². The third-order valence-corrected chi connectivity index (χ3v) is 2.03. The number of halogens is 1. The molecular weight excluding hydrogens is 170 g/mol. The van der Waals surface area contributed by atoms with Crippen molar-refractivity contribution in [1.29, 1.82) is 5.26 Å². The molecule has 0 radical (unpaired) electrons. The molecule has 0 aliphatic carbocycles. The molecule has 58 valence electrons. The zero-order chi connectivity index (χ0) is 8.20. The molecule has 0 aliphatic rings. The van der Waals surface area contributed by atoms with Crippen molar-refractivity contribution in [2.45, 2.75) is 5.72 Å². The van der Waals surface area contributed by atoms with Crippen LogP contribution in [0.1, 0.15) is 0 Å². The molecule has 0 N–H and O–H groups in total. The van der Waals surface area contributed by atoms with Crippen LogP contribution in [-0.2, 0) is 4.52 Å². The zero-order valence-electron chi connectivity index (χ0n) is 5.97. The van der Waals surface area contributed by atoms with Gasteiger partial charge in [-0.3, -0.25) is 4.90 Å². The molecule has 0 saturated heterocycles. The molecule has 0 heterocycles. The Labute approximate surface area is 68.2 Å². The van der Waals surface area contributed by atoms with Gasteiger partial charge in [-0.15, -0.1) is 11.6 Å². The Morgan fingerprint density at radius 3 is 2.30 bits per heavy atom. The first-order valence-electron chi connectivity index (χ1n) is 2.65. The van der Waals surface area contributed by atoms with E-state index >= 15 is 0 Å². The molecule has 0 aromatic rings. The zero-order valence-corrected chi connectivity index (χ0v) is 7.88. The summed E-state index contributed by atoms with van der Waals surface area (Å²) in [5, 5.41) is 8.63. The second-order valence-electron chi connectivity index (χ2n) is 2.04. The van der Waals surface area contributed by atoms with E-state index in [0.29, 0.717) is 0 Å². The normalized spacial score (nSPS) is 16.4. The number of hydrogen-bond acceptors (Lipinski definition) is 3. The largest absolute Gasteiger partial charge is 0.330 e. The van der Waals surface area contributed by atoms with Crippen LogP contribution in [0, 0.1) is 11.3 Å². The van der Waals surface area contributed by atoms with Crippen molar-refractivity contribution in [3.63, 3.8) is 0 Å². The maximum absolute atomic E-state index is 8.63. The molecule has 2 unspecified atom stereocenters. The van der Waals surface area contributed by atoms with Crippen LogP contribution in [0.25, 0.3) is 0 Å². The lowest BCUT2D eigenvalue weighted by atomic mass is 10.3. The van der Waals surface area contributed by atoms with Crippen molar-refractivity contribution in [3.8, 4) is 6.07 Å². The van der Waals surface area contributed by atoms with E-state index in [1.54, 1.807) is 19.0 Å². The average Bonchev–Trinajstić information content (AvgIpc) is 1.92. The lowest BCUT2D eigenvalue weighted by Crippen LogP contribution is -2.45. The van der Waals surface area contributed by atoms with E-state index in [0.717, 1.165) is 0 Å². The fraction of sp³-hybridized carbons (Fsp3) is 0.800. The summed E-state index contributed by atoms with van der Waals surface area (Å²) in [5.41, 5.74) is -1.01. The molecule has 5 heteroatoms. The number of alkyl halides is 1. The molecule has 0 amide bonds. The monoisotopic (exact) mass is 180 g/mol. The second kappa shape index (κ2) is 4.10. The second-order valence-corrected chi connectivity index (χ2v) is 2.55. The van der Waals surface area contributed by atoms with E-state index in [9.17, 15) is 0 Å². The molecule has 3 nitrogen and oxygen atoms in total. The molecule has 0 bridgehead atoms. The Hall–Kier alpha value is 0.130. The summed E-state index contributed by atoms with van der Waals surface area (Å²) >= 11 is 5.52. The Morgan fingerprint density at radius 1 is 1.80 bits per heavy atom. The molecule has 0 aromatic heterocycles. The summed E-state index contributed by atoms with van der Waals surface area (Å²) < 4.78 is 4.85. The number of nitriles is 1. The predicted octanol–water partition coefficient (Wildman–Crippen LogP) is 0.813. The van der Waals surface area contributed by atoms with Crippen LogP contribution in [0.15, 0.2) is 0 Å². The van der Waals surface area contributed by atoms with Crippen molar-refractivity contribution in [1.82, 2.24) is 4.90 Å². The average molecular weight is 181 g/mol. The maximum Gasteiger partial charge on any atom is 0.226 e. The van der Waals surface area contributed by atoms with Crippen LogP contribution in [0.3, 0.4) is 0 Å². The van der Waals surface area contributed by atoms with Gasteiger partial charge in [0, 0.05) is 9.47 Å². The molecule has 0 aromatic carbocycles. The standard InChI is InChI=1S/C5H10ClN2OP/c1-8(2)5(3-6,4-7)9-10/h3,10H2,1-2H3. The summed E-state index contributed by atoms with van der Waals surface area (Å²) in [5.74, 6) is 0.125. The van der Waals surface area contributed by atoms with Gasteiger partial charge in [0.2, 0.25) is 5.72 Å². The summed E-state index contributed by atoms with van der Waals surface area (Å²) in [7, 11) is 5.50. The Balaban J connectivity index is 4.35. The summed E-state index contributed by atoms with van der Waals surface area (Å²) in [6, 6.07) is 1.97. The Bertz CT molecular complexity index is 141. The van der Waals surface area contributed by atoms with Gasteiger partial charge in [-0.2, -0.15) is 5.26 Å². The van der Waals surface area contributed by atoms with Gasteiger partial charge < -0.3 is 4.52 Å². The minimum Gasteiger partial charge on any atom is -0.330 e. The molecule has 2 atom stereocenters. The van der Waals surface area contributed by atoms with Crippen molar-refractivity contribution < 1.29 is 4.52 Å².